The van der Waals surface area contributed by atoms with Crippen LogP contribution in [-0.2, 0) is 9.22 Å². The highest BCUT2D eigenvalue weighted by molar-refractivity contribution is 5.98. The first kappa shape index (κ1) is 8.85. The Labute approximate surface area is 59.1 Å². The number of carbonyl (C=O) groups is 1. The molecule has 0 aromatic carbocycles. The van der Waals surface area contributed by atoms with Gasteiger partial charge in [-0.2, -0.15) is 0 Å². The minimum Gasteiger partial charge on any atom is -0.409 e. The molecule has 2 nitrogen and oxygen atoms in total. The number of carbonyl (C=O) groups excluding carboxylic acids is 1. The molecule has 0 aliphatic rings. The predicted molar refractivity (Wildman–Crippen MR) is 36.2 cm³/mol. The molecule has 0 aromatic heterocycles. The Kier molecular flexibility index (Phi) is 5.87. The van der Waals surface area contributed by atoms with Crippen molar-refractivity contribution in [3.05, 3.63) is 0 Å². The molecule has 3 heteroatoms. The molecule has 0 amide bonds. The predicted octanol–water partition coefficient (Wildman–Crippen LogP) is 0.844. The lowest BCUT2D eigenvalue weighted by molar-refractivity contribution is -0.113. The van der Waals surface area contributed by atoms with Crippen LogP contribution in [-0.4, -0.2) is 22.9 Å². The maximum Gasteiger partial charge on any atom is 0.247 e. The van der Waals surface area contributed by atoms with E-state index in [0.29, 0.717) is 0 Å². The molecule has 1 atom stereocenters. The first-order valence-electron chi connectivity index (χ1n) is 3.12. The van der Waals surface area contributed by atoms with Crippen LogP contribution in [0.15, 0.2) is 0 Å². The van der Waals surface area contributed by atoms with Gasteiger partial charge in [-0.15, -0.1) is 0 Å². The van der Waals surface area contributed by atoms with Crippen LogP contribution in [0, 0.1) is 0 Å². The smallest absolute Gasteiger partial charge is 0.247 e. The first-order valence-corrected chi connectivity index (χ1v) is 3.53. The van der Waals surface area contributed by atoms with Crippen molar-refractivity contribution in [2.45, 2.75) is 32.3 Å². The molecular formula is C6H11O2Si. The summed E-state index contributed by atoms with van der Waals surface area (Å²) in [7, 11) is 2.82. The molecule has 0 saturated carbocycles. The standard InChI is InChI=1S/C6H11O2Si/c1-2-3-4-6(5-7)8-9/h5-6H,2-4H2,1H3. The van der Waals surface area contributed by atoms with Gasteiger partial charge in [-0.05, 0) is 6.42 Å². The highest BCUT2D eigenvalue weighted by Crippen LogP contribution is 1.99. The fourth-order valence-corrected chi connectivity index (χ4v) is 0.733. The number of unbranched alkanes of at least 4 members (excludes halogenated alkanes) is 1. The third-order valence-corrected chi connectivity index (χ3v) is 1.45. The van der Waals surface area contributed by atoms with Crippen LogP contribution in [0.4, 0.5) is 0 Å². The molecule has 0 spiro atoms. The Morgan fingerprint density at radius 2 is 2.44 bits per heavy atom. The highest BCUT2D eigenvalue weighted by Gasteiger charge is 2.01. The van der Waals surface area contributed by atoms with E-state index in [1.807, 2.05) is 0 Å². The third-order valence-electron chi connectivity index (χ3n) is 1.15. The third kappa shape index (κ3) is 4.36. The van der Waals surface area contributed by atoms with Crippen molar-refractivity contribution in [1.82, 2.24) is 0 Å². The van der Waals surface area contributed by atoms with E-state index in [0.717, 1.165) is 25.5 Å². The van der Waals surface area contributed by atoms with E-state index >= 15 is 0 Å². The summed E-state index contributed by atoms with van der Waals surface area (Å²) < 4.78 is 4.64. The number of aldehydes is 1. The fourth-order valence-electron chi connectivity index (χ4n) is 0.560. The molecule has 1 unspecified atom stereocenters. The lowest BCUT2D eigenvalue weighted by Gasteiger charge is -2.04. The molecule has 0 heterocycles. The van der Waals surface area contributed by atoms with Gasteiger partial charge in [0.15, 0.2) is 0 Å². The van der Waals surface area contributed by atoms with Crippen molar-refractivity contribution < 1.29 is 9.22 Å². The Morgan fingerprint density at radius 1 is 1.78 bits per heavy atom. The van der Waals surface area contributed by atoms with Gasteiger partial charge in [0, 0.05) is 0 Å². The molecule has 0 bridgehead atoms. The van der Waals surface area contributed by atoms with Crippen molar-refractivity contribution in [2.24, 2.45) is 0 Å². The summed E-state index contributed by atoms with van der Waals surface area (Å²) in [5.41, 5.74) is 0. The van der Waals surface area contributed by atoms with Crippen LogP contribution < -0.4 is 0 Å². The quantitative estimate of drug-likeness (QED) is 0.421. The molecule has 0 N–H and O–H groups in total. The van der Waals surface area contributed by atoms with Crippen LogP contribution in [0.3, 0.4) is 0 Å². The van der Waals surface area contributed by atoms with Gasteiger partial charge >= 0.3 is 0 Å². The zero-order valence-electron chi connectivity index (χ0n) is 5.59. The van der Waals surface area contributed by atoms with Crippen molar-refractivity contribution in [1.29, 1.82) is 0 Å². The first-order chi connectivity index (χ1) is 4.35. The molecule has 0 aliphatic carbocycles. The molecule has 0 aromatic rings. The van der Waals surface area contributed by atoms with Crippen molar-refractivity contribution >= 4 is 16.8 Å². The van der Waals surface area contributed by atoms with Gasteiger partial charge in [0.05, 0.1) is 0 Å². The van der Waals surface area contributed by atoms with E-state index in [1.54, 1.807) is 0 Å². The molecule has 0 aliphatic heterocycles. The van der Waals surface area contributed by atoms with Crippen molar-refractivity contribution in [2.75, 3.05) is 0 Å². The van der Waals surface area contributed by atoms with E-state index in [9.17, 15) is 4.79 Å². The maximum absolute atomic E-state index is 10.1. The summed E-state index contributed by atoms with van der Waals surface area (Å²) in [5, 5.41) is 0. The van der Waals surface area contributed by atoms with Crippen LogP contribution in [0.5, 0.6) is 0 Å². The zero-order valence-corrected chi connectivity index (χ0v) is 6.59. The number of hydrogen-bond donors (Lipinski definition) is 0. The Balaban J connectivity index is 3.20. The fraction of sp³-hybridized carbons (Fsp3) is 0.833. The second-order valence-electron chi connectivity index (χ2n) is 1.93. The van der Waals surface area contributed by atoms with Gasteiger partial charge in [-0.1, -0.05) is 19.8 Å². The van der Waals surface area contributed by atoms with Gasteiger partial charge in [0.2, 0.25) is 10.5 Å². The van der Waals surface area contributed by atoms with Crippen LogP contribution in [0.25, 0.3) is 0 Å². The lowest BCUT2D eigenvalue weighted by Crippen LogP contribution is -2.11. The average molecular weight is 143 g/mol. The van der Waals surface area contributed by atoms with Gasteiger partial charge < -0.3 is 9.22 Å². The van der Waals surface area contributed by atoms with E-state index in [4.69, 9.17) is 0 Å². The highest BCUT2D eigenvalue weighted by atomic mass is 28.2. The largest absolute Gasteiger partial charge is 0.409 e. The average Bonchev–Trinajstić information content (AvgIpc) is 1.91. The minimum absolute atomic E-state index is 0.262. The second kappa shape index (κ2) is 5.97. The van der Waals surface area contributed by atoms with Crippen molar-refractivity contribution in [3.8, 4) is 0 Å². The number of rotatable bonds is 5. The topological polar surface area (TPSA) is 26.3 Å². The molecule has 0 rings (SSSR count). The van der Waals surface area contributed by atoms with E-state index in [-0.39, 0.29) is 6.10 Å². The van der Waals surface area contributed by atoms with Crippen LogP contribution >= 0.6 is 0 Å². The molecule has 3 radical (unpaired) electrons. The second-order valence-corrected chi connectivity index (χ2v) is 2.17. The minimum atomic E-state index is -0.262. The summed E-state index contributed by atoms with van der Waals surface area (Å²) in [4.78, 5) is 10.1. The molecule has 0 saturated heterocycles. The Hall–Kier alpha value is -0.153. The molecule has 51 valence electrons. The zero-order chi connectivity index (χ0) is 7.11. The summed E-state index contributed by atoms with van der Waals surface area (Å²) >= 11 is 0. The van der Waals surface area contributed by atoms with Crippen molar-refractivity contribution in [3.63, 3.8) is 0 Å². The Morgan fingerprint density at radius 3 is 2.78 bits per heavy atom. The van der Waals surface area contributed by atoms with E-state index < -0.39 is 0 Å². The summed E-state index contributed by atoms with van der Waals surface area (Å²) in [6.07, 6.45) is 3.49. The summed E-state index contributed by atoms with van der Waals surface area (Å²) in [6, 6.07) is 0. The molecule has 9 heavy (non-hydrogen) atoms. The van der Waals surface area contributed by atoms with Crippen LogP contribution in [0.1, 0.15) is 26.2 Å². The van der Waals surface area contributed by atoms with Gasteiger partial charge in [-0.25, -0.2) is 0 Å². The monoisotopic (exact) mass is 143 g/mol. The molecular weight excluding hydrogens is 132 g/mol. The number of hydrogen-bond acceptors (Lipinski definition) is 2. The van der Waals surface area contributed by atoms with E-state index in [2.05, 4.69) is 21.8 Å². The summed E-state index contributed by atoms with van der Waals surface area (Å²) in [6.45, 7) is 2.08. The maximum atomic E-state index is 10.1. The lowest BCUT2D eigenvalue weighted by atomic mass is 10.2. The molecule has 0 fully saturated rings. The van der Waals surface area contributed by atoms with Gasteiger partial charge in [-0.3, -0.25) is 0 Å². The normalized spacial score (nSPS) is 13.1. The van der Waals surface area contributed by atoms with Gasteiger partial charge in [0.25, 0.3) is 0 Å². The van der Waals surface area contributed by atoms with E-state index in [1.165, 1.54) is 0 Å². The Bertz CT molecular complexity index is 75.5. The van der Waals surface area contributed by atoms with Gasteiger partial charge in [0.1, 0.15) is 12.4 Å². The summed E-state index contributed by atoms with van der Waals surface area (Å²) in [5.74, 6) is 0. The SMILES string of the molecule is CCCCC(C=O)O[Si]. The van der Waals surface area contributed by atoms with Crippen LogP contribution in [0.2, 0.25) is 0 Å².